The highest BCUT2D eigenvalue weighted by atomic mass is 35.5. The first kappa shape index (κ1) is 9.91. The Morgan fingerprint density at radius 1 is 1.35 bits per heavy atom. The van der Waals surface area contributed by atoms with Gasteiger partial charge in [0, 0.05) is 10.2 Å². The monoisotopic (exact) mass is 249 g/mol. The van der Waals surface area contributed by atoms with E-state index in [0.29, 0.717) is 5.02 Å². The van der Waals surface area contributed by atoms with Gasteiger partial charge in [0.2, 0.25) is 5.95 Å². The normalized spacial score (nSPS) is 13.4. The zero-order valence-corrected chi connectivity index (χ0v) is 9.33. The molecule has 0 saturated carbocycles. The lowest BCUT2D eigenvalue weighted by Gasteiger charge is -2.19. The lowest BCUT2D eigenvalue weighted by atomic mass is 10.3. The summed E-state index contributed by atoms with van der Waals surface area (Å²) in [5.74, 6) is 0.196. The van der Waals surface area contributed by atoms with Gasteiger partial charge in [0.1, 0.15) is 6.33 Å². The molecule has 17 heavy (non-hydrogen) atoms. The fourth-order valence-corrected chi connectivity index (χ4v) is 1.63. The summed E-state index contributed by atoms with van der Waals surface area (Å²) in [5, 5.41) is 12.0. The third kappa shape index (κ3) is 1.76. The Morgan fingerprint density at radius 3 is 3.00 bits per heavy atom. The van der Waals surface area contributed by atoms with Crippen molar-refractivity contribution in [2.45, 2.75) is 0 Å². The summed E-state index contributed by atoms with van der Waals surface area (Å²) in [6, 6.07) is 5.44. The van der Waals surface area contributed by atoms with Crippen LogP contribution in [0.3, 0.4) is 0 Å². The number of hydrogen-bond acceptors (Lipinski definition) is 6. The maximum atomic E-state index is 5.87. The summed E-state index contributed by atoms with van der Waals surface area (Å²) in [6.45, 7) is 0. The van der Waals surface area contributed by atoms with Gasteiger partial charge in [0.05, 0.1) is 11.6 Å². The van der Waals surface area contributed by atoms with Crippen LogP contribution in [0.5, 0.6) is 0 Å². The molecule has 0 aliphatic carbocycles. The molecule has 7 nitrogen and oxygen atoms in total. The van der Waals surface area contributed by atoms with Crippen LogP contribution in [0.2, 0.25) is 5.02 Å². The van der Waals surface area contributed by atoms with E-state index in [9.17, 15) is 0 Å². The number of nitrogen functional groups attached to an aromatic ring is 1. The van der Waals surface area contributed by atoms with E-state index in [1.165, 1.54) is 11.1 Å². The minimum atomic E-state index is 0.196. The van der Waals surface area contributed by atoms with Crippen LogP contribution in [-0.4, -0.2) is 14.9 Å². The minimum absolute atomic E-state index is 0.196. The van der Waals surface area contributed by atoms with Gasteiger partial charge in [-0.05, 0) is 18.2 Å². The van der Waals surface area contributed by atoms with Crippen LogP contribution in [0.15, 0.2) is 29.6 Å². The molecule has 0 amide bonds. The molecular formula is C9H8ClN7. The molecule has 3 rings (SSSR count). The van der Waals surface area contributed by atoms with Gasteiger partial charge < -0.3 is 5.73 Å². The molecule has 8 heteroatoms. The Morgan fingerprint density at radius 2 is 2.24 bits per heavy atom. The molecule has 1 aliphatic rings. The van der Waals surface area contributed by atoms with E-state index in [1.807, 2.05) is 12.3 Å². The molecule has 1 aliphatic heterocycles. The summed E-state index contributed by atoms with van der Waals surface area (Å²) < 4.78 is 0. The number of benzene rings is 1. The molecule has 0 fully saturated rings. The fourth-order valence-electron chi connectivity index (χ4n) is 1.46. The molecule has 0 saturated heterocycles. The van der Waals surface area contributed by atoms with Gasteiger partial charge in [-0.25, -0.2) is 0 Å². The Kier molecular flexibility index (Phi) is 2.12. The second-order valence-electron chi connectivity index (χ2n) is 3.41. The van der Waals surface area contributed by atoms with Crippen molar-refractivity contribution >= 4 is 23.7 Å². The maximum Gasteiger partial charge on any atom is 0.241 e. The number of anilines is 1. The first-order chi connectivity index (χ1) is 8.22. The smallest absolute Gasteiger partial charge is 0.241 e. The maximum absolute atomic E-state index is 5.87. The summed E-state index contributed by atoms with van der Waals surface area (Å²) in [4.78, 5) is 5.27. The highest BCUT2D eigenvalue weighted by Gasteiger charge is 2.07. The molecule has 86 valence electrons. The zero-order valence-electron chi connectivity index (χ0n) is 8.58. The number of fused-ring (bicyclic) bond motifs is 1. The number of nitrogens with zero attached hydrogens (tertiary/aromatic N) is 5. The van der Waals surface area contributed by atoms with Crippen LogP contribution >= 0.6 is 11.6 Å². The van der Waals surface area contributed by atoms with Gasteiger partial charge >= 0.3 is 0 Å². The average molecular weight is 250 g/mol. The van der Waals surface area contributed by atoms with Crippen LogP contribution in [-0.2, 0) is 0 Å². The van der Waals surface area contributed by atoms with Gasteiger partial charge in [-0.2, -0.15) is 20.7 Å². The Labute approximate surface area is 101 Å². The predicted octanol–water partition coefficient (Wildman–Crippen LogP) is -1.06. The predicted molar refractivity (Wildman–Crippen MR) is 62.5 cm³/mol. The van der Waals surface area contributed by atoms with Crippen molar-refractivity contribution in [1.29, 1.82) is 0 Å². The van der Waals surface area contributed by atoms with Crippen molar-refractivity contribution in [2.24, 2.45) is 5.10 Å². The summed E-state index contributed by atoms with van der Waals surface area (Å²) in [7, 11) is 0. The van der Waals surface area contributed by atoms with E-state index in [2.05, 4.69) is 20.7 Å². The minimum Gasteiger partial charge on any atom is -0.366 e. The van der Waals surface area contributed by atoms with E-state index in [-0.39, 0.29) is 5.95 Å². The number of nitrogens with one attached hydrogen (secondary N) is 1. The van der Waals surface area contributed by atoms with Crippen molar-refractivity contribution in [3.63, 3.8) is 0 Å². The van der Waals surface area contributed by atoms with Crippen molar-refractivity contribution in [2.75, 3.05) is 10.9 Å². The van der Waals surface area contributed by atoms with E-state index in [1.54, 1.807) is 17.3 Å². The van der Waals surface area contributed by atoms with Crippen LogP contribution in [0.4, 0.5) is 5.95 Å². The quantitative estimate of drug-likeness (QED) is 0.673. The number of nitrogens with two attached hydrogens (primary N) is 1. The molecule has 1 aromatic heterocycles. The van der Waals surface area contributed by atoms with Crippen molar-refractivity contribution < 1.29 is 0 Å². The molecule has 0 spiro atoms. The van der Waals surface area contributed by atoms with Crippen LogP contribution in [0, 0.1) is 0 Å². The summed E-state index contributed by atoms with van der Waals surface area (Å²) in [5.41, 5.74) is 8.22. The van der Waals surface area contributed by atoms with Crippen molar-refractivity contribution in [3.8, 4) is 0 Å². The molecule has 0 atom stereocenters. The van der Waals surface area contributed by atoms with E-state index in [4.69, 9.17) is 17.3 Å². The number of hydrazine groups is 1. The third-order valence-electron chi connectivity index (χ3n) is 2.25. The molecule has 0 radical (unpaired) electrons. The second-order valence-corrected chi connectivity index (χ2v) is 3.85. The molecule has 2 heterocycles. The average Bonchev–Trinajstić information content (AvgIpc) is 2.75. The van der Waals surface area contributed by atoms with Crippen LogP contribution < -0.4 is 27.0 Å². The Hall–Kier alpha value is -2.28. The van der Waals surface area contributed by atoms with Gasteiger partial charge in [-0.1, -0.05) is 11.6 Å². The van der Waals surface area contributed by atoms with Crippen LogP contribution in [0.1, 0.15) is 0 Å². The largest absolute Gasteiger partial charge is 0.366 e. The molecular weight excluding hydrogens is 242 g/mol. The number of hydrogen-bond donors (Lipinski definition) is 2. The van der Waals surface area contributed by atoms with E-state index < -0.39 is 0 Å². The topological polar surface area (TPSA) is 84.4 Å². The summed E-state index contributed by atoms with van der Waals surface area (Å²) >= 11 is 5.87. The lowest BCUT2D eigenvalue weighted by Crippen LogP contribution is -2.48. The first-order valence-electron chi connectivity index (χ1n) is 4.80. The molecule has 2 aromatic rings. The van der Waals surface area contributed by atoms with Crippen LogP contribution in [0.25, 0.3) is 6.20 Å². The highest BCUT2D eigenvalue weighted by molar-refractivity contribution is 6.30. The SMILES string of the molecule is Nc1ncn(N2C=c3ccc(Cl)cc3=NN2)n1. The Bertz CT molecular complexity index is 677. The summed E-state index contributed by atoms with van der Waals surface area (Å²) in [6.07, 6.45) is 3.29. The second kappa shape index (κ2) is 3.63. The first-order valence-corrected chi connectivity index (χ1v) is 5.17. The van der Waals surface area contributed by atoms with Crippen molar-refractivity contribution in [3.05, 3.63) is 40.1 Å². The number of halogens is 1. The standard InChI is InChI=1S/C9H8ClN7/c10-7-2-1-6-4-16(15-13-8(6)3-7)17-5-12-9(11)14-17/h1-5,15H,(H2,11,14). The highest BCUT2D eigenvalue weighted by Crippen LogP contribution is 2.00. The fraction of sp³-hybridized carbons (Fsp3) is 0. The number of aromatic nitrogens is 3. The third-order valence-corrected chi connectivity index (χ3v) is 2.48. The zero-order chi connectivity index (χ0) is 11.8. The van der Waals surface area contributed by atoms with Gasteiger partial charge in [-0.15, -0.1) is 9.89 Å². The van der Waals surface area contributed by atoms with E-state index >= 15 is 0 Å². The van der Waals surface area contributed by atoms with Crippen molar-refractivity contribution in [1.82, 2.24) is 20.4 Å². The van der Waals surface area contributed by atoms with Gasteiger partial charge in [0.25, 0.3) is 0 Å². The molecule has 3 N–H and O–H groups in total. The Balaban J connectivity index is 2.06. The molecule has 0 unspecified atom stereocenters. The molecule has 1 aromatic carbocycles. The number of rotatable bonds is 1. The van der Waals surface area contributed by atoms with E-state index in [0.717, 1.165) is 10.6 Å². The lowest BCUT2D eigenvalue weighted by molar-refractivity contribution is 0.526. The van der Waals surface area contributed by atoms with Gasteiger partial charge in [-0.3, -0.25) is 0 Å². The van der Waals surface area contributed by atoms with Gasteiger partial charge in [0.15, 0.2) is 0 Å². The molecule has 0 bridgehead atoms.